The molecule has 3 aromatic rings. The lowest BCUT2D eigenvalue weighted by molar-refractivity contribution is -0.118. The third kappa shape index (κ3) is 4.04. The van der Waals surface area contributed by atoms with Gasteiger partial charge in [0, 0.05) is 17.8 Å². The van der Waals surface area contributed by atoms with E-state index in [0.29, 0.717) is 12.3 Å². The van der Waals surface area contributed by atoms with Gasteiger partial charge in [-0.25, -0.2) is 9.97 Å². The second-order valence-electron chi connectivity index (χ2n) is 6.81. The normalized spacial score (nSPS) is 12.5. The van der Waals surface area contributed by atoms with Gasteiger partial charge in [0.05, 0.1) is 11.3 Å². The van der Waals surface area contributed by atoms with Crippen LogP contribution in [-0.2, 0) is 11.3 Å². The molecule has 0 radical (unpaired) electrons. The first-order valence-corrected chi connectivity index (χ1v) is 10.1. The number of carbonyl (C=O) groups excluding carboxylic acids is 1. The zero-order valence-electron chi connectivity index (χ0n) is 15.8. The summed E-state index contributed by atoms with van der Waals surface area (Å²) in [6.45, 7) is 4.82. The van der Waals surface area contributed by atoms with Crippen LogP contribution >= 0.6 is 11.8 Å². The highest BCUT2D eigenvalue weighted by Gasteiger charge is 2.14. The van der Waals surface area contributed by atoms with E-state index in [9.17, 15) is 4.79 Å². The molecule has 1 aliphatic heterocycles. The van der Waals surface area contributed by atoms with Crippen LogP contribution in [0.3, 0.4) is 0 Å². The standard InChI is InChI=1S/C21H21N3O3S/c1-13(2)20-23-16-6-4-3-5-15(16)21(24-20)28-11-19(25)22-10-14-7-8-17-18(9-14)27-12-26-17/h3-9,13H,10-12H2,1-2H3,(H,22,25). The summed E-state index contributed by atoms with van der Waals surface area (Å²) in [4.78, 5) is 21.6. The van der Waals surface area contributed by atoms with E-state index in [1.54, 1.807) is 0 Å². The molecule has 0 saturated carbocycles. The highest BCUT2D eigenvalue weighted by Crippen LogP contribution is 2.32. The summed E-state index contributed by atoms with van der Waals surface area (Å²) in [5.41, 5.74) is 1.88. The fourth-order valence-electron chi connectivity index (χ4n) is 2.87. The van der Waals surface area contributed by atoms with E-state index in [1.165, 1.54) is 11.8 Å². The molecule has 4 rings (SSSR count). The largest absolute Gasteiger partial charge is 0.454 e. The van der Waals surface area contributed by atoms with Crippen LogP contribution in [0.25, 0.3) is 10.9 Å². The van der Waals surface area contributed by atoms with Crippen LogP contribution in [0.15, 0.2) is 47.5 Å². The van der Waals surface area contributed by atoms with E-state index in [0.717, 1.165) is 38.8 Å². The molecule has 0 aliphatic carbocycles. The van der Waals surface area contributed by atoms with E-state index in [-0.39, 0.29) is 18.6 Å². The minimum Gasteiger partial charge on any atom is -0.454 e. The number of hydrogen-bond acceptors (Lipinski definition) is 6. The molecule has 0 spiro atoms. The molecule has 1 amide bonds. The molecule has 2 aromatic carbocycles. The Bertz CT molecular complexity index is 1020. The number of para-hydroxylation sites is 1. The molecule has 144 valence electrons. The number of aromatic nitrogens is 2. The molecular formula is C21H21N3O3S. The van der Waals surface area contributed by atoms with Gasteiger partial charge in [0.15, 0.2) is 11.5 Å². The van der Waals surface area contributed by atoms with Crippen LogP contribution in [0.1, 0.15) is 31.2 Å². The van der Waals surface area contributed by atoms with Gasteiger partial charge >= 0.3 is 0 Å². The average molecular weight is 395 g/mol. The Morgan fingerprint density at radius 1 is 1.14 bits per heavy atom. The van der Waals surface area contributed by atoms with Gasteiger partial charge in [-0.15, -0.1) is 0 Å². The zero-order valence-corrected chi connectivity index (χ0v) is 16.6. The molecule has 0 fully saturated rings. The van der Waals surface area contributed by atoms with Crippen LogP contribution in [0.5, 0.6) is 11.5 Å². The highest BCUT2D eigenvalue weighted by molar-refractivity contribution is 8.00. The SMILES string of the molecule is CC(C)c1nc(SCC(=O)NCc2ccc3c(c2)OCO3)c2ccccc2n1. The molecule has 7 heteroatoms. The van der Waals surface area contributed by atoms with E-state index in [2.05, 4.69) is 29.1 Å². The first-order chi connectivity index (χ1) is 13.6. The van der Waals surface area contributed by atoms with Crippen molar-refractivity contribution >= 4 is 28.6 Å². The van der Waals surface area contributed by atoms with Crippen LogP contribution in [-0.4, -0.2) is 28.4 Å². The summed E-state index contributed by atoms with van der Waals surface area (Å²) >= 11 is 1.44. The van der Waals surface area contributed by atoms with Gasteiger partial charge < -0.3 is 14.8 Å². The van der Waals surface area contributed by atoms with Crippen LogP contribution in [0.4, 0.5) is 0 Å². The third-order valence-electron chi connectivity index (χ3n) is 4.37. The van der Waals surface area contributed by atoms with Crippen molar-refractivity contribution < 1.29 is 14.3 Å². The van der Waals surface area contributed by atoms with Gasteiger partial charge in [-0.05, 0) is 23.8 Å². The lowest BCUT2D eigenvalue weighted by atomic mass is 10.2. The molecule has 1 aliphatic rings. The number of nitrogens with zero attached hydrogens (tertiary/aromatic N) is 2. The number of benzene rings is 2. The van der Waals surface area contributed by atoms with E-state index in [1.807, 2.05) is 42.5 Å². The molecule has 1 aromatic heterocycles. The van der Waals surface area contributed by atoms with Crippen molar-refractivity contribution in [2.75, 3.05) is 12.5 Å². The first-order valence-electron chi connectivity index (χ1n) is 9.15. The molecular weight excluding hydrogens is 374 g/mol. The van der Waals surface area contributed by atoms with E-state index in [4.69, 9.17) is 9.47 Å². The maximum atomic E-state index is 12.3. The van der Waals surface area contributed by atoms with Crippen molar-refractivity contribution in [3.05, 3.63) is 53.9 Å². The van der Waals surface area contributed by atoms with Gasteiger partial charge in [-0.2, -0.15) is 0 Å². The van der Waals surface area contributed by atoms with Gasteiger partial charge in [0.1, 0.15) is 10.9 Å². The van der Waals surface area contributed by atoms with Crippen molar-refractivity contribution in [2.24, 2.45) is 0 Å². The number of ether oxygens (including phenoxy) is 2. The molecule has 0 saturated heterocycles. The van der Waals surface area contributed by atoms with E-state index >= 15 is 0 Å². The summed E-state index contributed by atoms with van der Waals surface area (Å²) in [6, 6.07) is 13.6. The van der Waals surface area contributed by atoms with Gasteiger partial charge in [0.25, 0.3) is 0 Å². The summed E-state index contributed by atoms with van der Waals surface area (Å²) in [5.74, 6) is 2.72. The molecule has 28 heavy (non-hydrogen) atoms. The maximum absolute atomic E-state index is 12.3. The number of fused-ring (bicyclic) bond motifs is 2. The minimum absolute atomic E-state index is 0.0449. The lowest BCUT2D eigenvalue weighted by Gasteiger charge is -2.10. The Morgan fingerprint density at radius 2 is 1.96 bits per heavy atom. The van der Waals surface area contributed by atoms with Gasteiger partial charge in [-0.3, -0.25) is 4.79 Å². The van der Waals surface area contributed by atoms with Crippen molar-refractivity contribution in [2.45, 2.75) is 31.3 Å². The number of amides is 1. The fourth-order valence-corrected chi connectivity index (χ4v) is 3.73. The highest BCUT2D eigenvalue weighted by atomic mass is 32.2. The molecule has 0 atom stereocenters. The molecule has 6 nitrogen and oxygen atoms in total. The van der Waals surface area contributed by atoms with Crippen LogP contribution < -0.4 is 14.8 Å². The number of hydrogen-bond donors (Lipinski definition) is 1. The van der Waals surface area contributed by atoms with Gasteiger partial charge in [0.2, 0.25) is 12.7 Å². The smallest absolute Gasteiger partial charge is 0.231 e. The molecule has 0 unspecified atom stereocenters. The second kappa shape index (κ2) is 8.06. The van der Waals surface area contributed by atoms with Crippen molar-refractivity contribution in [3.63, 3.8) is 0 Å². The lowest BCUT2D eigenvalue weighted by Crippen LogP contribution is -2.24. The Hall–Kier alpha value is -2.80. The van der Waals surface area contributed by atoms with Crippen molar-refractivity contribution in [3.8, 4) is 11.5 Å². The number of nitrogens with one attached hydrogen (secondary N) is 1. The predicted molar refractivity (Wildman–Crippen MR) is 109 cm³/mol. The Balaban J connectivity index is 1.40. The third-order valence-corrected chi connectivity index (χ3v) is 5.36. The fraction of sp³-hybridized carbons (Fsp3) is 0.286. The Labute approximate surface area is 167 Å². The summed E-state index contributed by atoms with van der Waals surface area (Å²) in [7, 11) is 0. The Kier molecular flexibility index (Phi) is 5.34. The maximum Gasteiger partial charge on any atom is 0.231 e. The number of rotatable bonds is 6. The molecule has 1 N–H and O–H groups in total. The molecule has 2 heterocycles. The van der Waals surface area contributed by atoms with Crippen molar-refractivity contribution in [1.82, 2.24) is 15.3 Å². The Morgan fingerprint density at radius 3 is 2.82 bits per heavy atom. The monoisotopic (exact) mass is 395 g/mol. The number of carbonyl (C=O) groups is 1. The topological polar surface area (TPSA) is 73.3 Å². The van der Waals surface area contributed by atoms with E-state index < -0.39 is 0 Å². The van der Waals surface area contributed by atoms with Gasteiger partial charge in [-0.1, -0.05) is 49.9 Å². The molecule has 0 bridgehead atoms. The zero-order chi connectivity index (χ0) is 19.5. The number of thioether (sulfide) groups is 1. The average Bonchev–Trinajstić information content (AvgIpc) is 3.18. The van der Waals surface area contributed by atoms with Crippen LogP contribution in [0, 0.1) is 0 Å². The van der Waals surface area contributed by atoms with Crippen LogP contribution in [0.2, 0.25) is 0 Å². The summed E-state index contributed by atoms with van der Waals surface area (Å²) in [5, 5.41) is 4.76. The minimum atomic E-state index is -0.0449. The quantitative estimate of drug-likeness (QED) is 0.504. The summed E-state index contributed by atoms with van der Waals surface area (Å²) in [6.07, 6.45) is 0. The predicted octanol–water partition coefficient (Wildman–Crippen LogP) is 3.89. The van der Waals surface area contributed by atoms with Crippen molar-refractivity contribution in [1.29, 1.82) is 0 Å². The first kappa shape index (κ1) is 18.6. The summed E-state index contributed by atoms with van der Waals surface area (Å²) < 4.78 is 10.7. The second-order valence-corrected chi connectivity index (χ2v) is 7.78.